The van der Waals surface area contributed by atoms with Gasteiger partial charge in [-0.3, -0.25) is 4.79 Å². The van der Waals surface area contributed by atoms with Crippen LogP contribution in [0.1, 0.15) is 51.9 Å². The number of likely N-dealkylation sites (tertiary alicyclic amines) is 1. The topological polar surface area (TPSA) is 95.7 Å². The molecule has 2 unspecified atom stereocenters. The minimum Gasteiger partial charge on any atom is -0.377 e. The number of hydrogen-bond acceptors (Lipinski definition) is 5. The molecular weight excluding hydrogens is 436 g/mol. The number of anilines is 1. The Labute approximate surface area is 198 Å². The van der Waals surface area contributed by atoms with Gasteiger partial charge < -0.3 is 15.5 Å². The van der Waals surface area contributed by atoms with Gasteiger partial charge in [0.15, 0.2) is 0 Å². The average Bonchev–Trinajstić information content (AvgIpc) is 2.80. The summed E-state index contributed by atoms with van der Waals surface area (Å²) < 4.78 is 29.9. The van der Waals surface area contributed by atoms with E-state index in [9.17, 15) is 13.2 Å². The van der Waals surface area contributed by atoms with Gasteiger partial charge in [-0.05, 0) is 51.2 Å². The number of nitrogens with one attached hydrogen (secondary N) is 1. The van der Waals surface area contributed by atoms with Gasteiger partial charge in [0.2, 0.25) is 15.9 Å². The molecule has 7 nitrogen and oxygen atoms in total. The Morgan fingerprint density at radius 1 is 1.03 bits per heavy atom. The maximum absolute atomic E-state index is 13.6. The average molecular weight is 475 g/mol. The van der Waals surface area contributed by atoms with Gasteiger partial charge in [0.1, 0.15) is 6.04 Å². The Hall–Kier alpha value is -2.16. The van der Waals surface area contributed by atoms with E-state index in [2.05, 4.69) is 4.72 Å². The number of sulfonamides is 1. The molecule has 1 saturated heterocycles. The fourth-order valence-electron chi connectivity index (χ4n) is 4.52. The van der Waals surface area contributed by atoms with Gasteiger partial charge in [-0.1, -0.05) is 37.1 Å². The highest BCUT2D eigenvalue weighted by Crippen LogP contribution is 2.30. The summed E-state index contributed by atoms with van der Waals surface area (Å²) in [5, 5.41) is 1.51. The van der Waals surface area contributed by atoms with Crippen molar-refractivity contribution in [2.45, 2.75) is 68.8 Å². The highest BCUT2D eigenvalue weighted by atomic mass is 32.2. The third kappa shape index (κ3) is 6.46. The number of hydrogen-bond donors (Lipinski definition) is 2. The van der Waals surface area contributed by atoms with Crippen molar-refractivity contribution in [3.8, 4) is 0 Å². The molecule has 1 aliphatic rings. The Kier molecular flexibility index (Phi) is 8.73. The van der Waals surface area contributed by atoms with Crippen molar-refractivity contribution in [2.75, 3.05) is 32.1 Å². The third-order valence-corrected chi connectivity index (χ3v) is 7.83. The van der Waals surface area contributed by atoms with E-state index >= 15 is 0 Å². The van der Waals surface area contributed by atoms with Gasteiger partial charge in [-0.15, -0.1) is 0 Å². The smallest absolute Gasteiger partial charge is 0.241 e. The molecule has 0 aliphatic carbocycles. The van der Waals surface area contributed by atoms with E-state index in [1.165, 1.54) is 0 Å². The number of nitrogens with zero attached hydrogens (tertiary/aromatic N) is 2. The molecule has 1 fully saturated rings. The number of benzene rings is 2. The Morgan fingerprint density at radius 2 is 1.67 bits per heavy atom. The molecule has 2 aromatic carbocycles. The fourth-order valence-corrected chi connectivity index (χ4v) is 5.97. The largest absolute Gasteiger partial charge is 0.377 e. The molecule has 182 valence electrons. The van der Waals surface area contributed by atoms with E-state index in [0.717, 1.165) is 49.6 Å². The van der Waals surface area contributed by atoms with Crippen LogP contribution >= 0.6 is 0 Å². The standard InChI is InChI=1S/C25H38N4O3S/c1-19(26)11-5-6-14-22(25(30)29-17-7-4-8-18-29)27-33(31,32)24-16-10-12-20-21(24)13-9-15-23(20)28(2)3/h9-10,12-13,15-16,19,22,27H,4-8,11,14,17-18,26H2,1-3H3. The van der Waals surface area contributed by atoms with Crippen LogP contribution in [-0.4, -0.2) is 58.5 Å². The number of rotatable bonds is 10. The van der Waals surface area contributed by atoms with Gasteiger partial charge in [0.25, 0.3) is 0 Å². The van der Waals surface area contributed by atoms with Crippen LogP contribution in [0.2, 0.25) is 0 Å². The van der Waals surface area contributed by atoms with E-state index in [1.807, 2.05) is 55.1 Å². The maximum Gasteiger partial charge on any atom is 0.241 e. The zero-order chi connectivity index (χ0) is 24.0. The van der Waals surface area contributed by atoms with Crippen LogP contribution in [0.4, 0.5) is 5.69 Å². The summed E-state index contributed by atoms with van der Waals surface area (Å²) in [5.41, 5.74) is 6.81. The molecule has 3 N–H and O–H groups in total. The van der Waals surface area contributed by atoms with E-state index in [0.29, 0.717) is 24.9 Å². The highest BCUT2D eigenvalue weighted by Gasteiger charge is 2.30. The summed E-state index contributed by atoms with van der Waals surface area (Å²) in [6.45, 7) is 3.34. The van der Waals surface area contributed by atoms with E-state index < -0.39 is 16.1 Å². The van der Waals surface area contributed by atoms with Crippen molar-refractivity contribution in [3.05, 3.63) is 36.4 Å². The van der Waals surface area contributed by atoms with Crippen LogP contribution in [0.5, 0.6) is 0 Å². The van der Waals surface area contributed by atoms with Crippen LogP contribution < -0.4 is 15.4 Å². The summed E-state index contributed by atoms with van der Waals surface area (Å²) in [6, 6.07) is 10.3. The van der Waals surface area contributed by atoms with Crippen LogP contribution in [0.15, 0.2) is 41.3 Å². The van der Waals surface area contributed by atoms with Crippen molar-refractivity contribution in [1.82, 2.24) is 9.62 Å². The monoisotopic (exact) mass is 474 g/mol. The van der Waals surface area contributed by atoms with E-state index in [-0.39, 0.29) is 16.8 Å². The lowest BCUT2D eigenvalue weighted by Gasteiger charge is -2.31. The van der Waals surface area contributed by atoms with Gasteiger partial charge in [-0.2, -0.15) is 4.72 Å². The number of unbranched alkanes of at least 4 members (excludes halogenated alkanes) is 1. The highest BCUT2D eigenvalue weighted by molar-refractivity contribution is 7.89. The lowest BCUT2D eigenvalue weighted by Crippen LogP contribution is -2.49. The maximum atomic E-state index is 13.6. The minimum atomic E-state index is -3.91. The van der Waals surface area contributed by atoms with Crippen LogP contribution in [0, 0.1) is 0 Å². The number of piperidine rings is 1. The van der Waals surface area contributed by atoms with Gasteiger partial charge >= 0.3 is 0 Å². The molecule has 3 rings (SSSR count). The zero-order valence-corrected chi connectivity index (χ0v) is 20.9. The van der Waals surface area contributed by atoms with Crippen LogP contribution in [-0.2, 0) is 14.8 Å². The zero-order valence-electron chi connectivity index (χ0n) is 20.1. The Morgan fingerprint density at radius 3 is 2.33 bits per heavy atom. The van der Waals surface area contributed by atoms with Gasteiger partial charge in [0.05, 0.1) is 4.90 Å². The molecule has 0 bridgehead atoms. The lowest BCUT2D eigenvalue weighted by atomic mass is 10.0. The summed E-state index contributed by atoms with van der Waals surface area (Å²) in [7, 11) is -0.0379. The molecule has 0 spiro atoms. The van der Waals surface area contributed by atoms with Gasteiger partial charge in [0, 0.05) is 49.7 Å². The normalized spacial score (nSPS) is 16.5. The molecule has 0 aromatic heterocycles. The summed E-state index contributed by atoms with van der Waals surface area (Å²) in [6.07, 6.45) is 5.97. The predicted octanol–water partition coefficient (Wildman–Crippen LogP) is 3.47. The molecule has 2 atom stereocenters. The molecule has 8 heteroatoms. The number of carbonyl (C=O) groups excluding carboxylic acids is 1. The Bertz CT molecular complexity index is 1050. The number of amides is 1. The predicted molar refractivity (Wildman–Crippen MR) is 135 cm³/mol. The van der Waals surface area contributed by atoms with Crippen molar-refractivity contribution in [3.63, 3.8) is 0 Å². The second-order valence-corrected chi connectivity index (χ2v) is 11.0. The first kappa shape index (κ1) is 25.5. The first-order valence-corrected chi connectivity index (χ1v) is 13.4. The molecule has 1 aliphatic heterocycles. The second-order valence-electron chi connectivity index (χ2n) is 9.34. The van der Waals surface area contributed by atoms with E-state index in [4.69, 9.17) is 5.73 Å². The summed E-state index contributed by atoms with van der Waals surface area (Å²) in [5.74, 6) is -0.117. The number of fused-ring (bicyclic) bond motifs is 1. The Balaban J connectivity index is 1.89. The van der Waals surface area contributed by atoms with Crippen molar-refractivity contribution < 1.29 is 13.2 Å². The third-order valence-electron chi connectivity index (χ3n) is 6.30. The van der Waals surface area contributed by atoms with E-state index in [1.54, 1.807) is 12.1 Å². The van der Waals surface area contributed by atoms with Crippen LogP contribution in [0.3, 0.4) is 0 Å². The molecule has 2 aromatic rings. The molecule has 1 heterocycles. The quantitative estimate of drug-likeness (QED) is 0.514. The first-order valence-electron chi connectivity index (χ1n) is 12.0. The molecular formula is C25H38N4O3S. The van der Waals surface area contributed by atoms with Crippen molar-refractivity contribution >= 4 is 32.4 Å². The number of nitrogens with two attached hydrogens (primary N) is 1. The lowest BCUT2D eigenvalue weighted by molar-refractivity contribution is -0.134. The first-order chi connectivity index (χ1) is 15.7. The van der Waals surface area contributed by atoms with Crippen LogP contribution in [0.25, 0.3) is 10.8 Å². The summed E-state index contributed by atoms with van der Waals surface area (Å²) in [4.78, 5) is 17.3. The van der Waals surface area contributed by atoms with Crippen molar-refractivity contribution in [1.29, 1.82) is 0 Å². The van der Waals surface area contributed by atoms with Crippen molar-refractivity contribution in [2.24, 2.45) is 5.73 Å². The molecule has 0 saturated carbocycles. The molecule has 33 heavy (non-hydrogen) atoms. The SMILES string of the molecule is CC(N)CCCCC(NS(=O)(=O)c1cccc2c(N(C)C)cccc12)C(=O)N1CCCCC1. The minimum absolute atomic E-state index is 0.0968. The molecule has 1 amide bonds. The number of carbonyl (C=O) groups is 1. The fraction of sp³-hybridized carbons (Fsp3) is 0.560. The second kappa shape index (κ2) is 11.3. The van der Waals surface area contributed by atoms with Gasteiger partial charge in [-0.25, -0.2) is 8.42 Å². The summed E-state index contributed by atoms with van der Waals surface area (Å²) >= 11 is 0. The molecule has 0 radical (unpaired) electrons.